The Morgan fingerprint density at radius 2 is 2.14 bits per heavy atom. The summed E-state index contributed by atoms with van der Waals surface area (Å²) in [6.45, 7) is 3.33. The first-order chi connectivity index (χ1) is 10.2. The van der Waals surface area contributed by atoms with Crippen LogP contribution in [0.2, 0.25) is 0 Å². The Kier molecular flexibility index (Phi) is 5.36. The van der Waals surface area contributed by atoms with Crippen molar-refractivity contribution in [3.8, 4) is 0 Å². The standard InChI is InChI=1S/C18H26BrNO/c1-13-5-8-18(21-13)11-15(12-20-17-6-7-17)9-14-3-2-4-16(19)10-14/h2-4,10,13,15,17-18,20H,5-9,11-12H2,1H3. The Bertz CT molecular complexity index is 460. The Balaban J connectivity index is 1.57. The van der Waals surface area contributed by atoms with Gasteiger partial charge in [-0.05, 0) is 75.6 Å². The number of nitrogens with one attached hydrogen (secondary N) is 1. The van der Waals surface area contributed by atoms with E-state index in [4.69, 9.17) is 4.74 Å². The number of ether oxygens (including phenoxy) is 1. The van der Waals surface area contributed by atoms with Crippen molar-refractivity contribution in [1.29, 1.82) is 0 Å². The van der Waals surface area contributed by atoms with Gasteiger partial charge in [-0.15, -0.1) is 0 Å². The van der Waals surface area contributed by atoms with Gasteiger partial charge in [-0.3, -0.25) is 0 Å². The van der Waals surface area contributed by atoms with Crippen molar-refractivity contribution in [2.75, 3.05) is 6.54 Å². The molecular weight excluding hydrogens is 326 g/mol. The van der Waals surface area contributed by atoms with E-state index in [2.05, 4.69) is 52.4 Å². The van der Waals surface area contributed by atoms with E-state index in [-0.39, 0.29) is 0 Å². The van der Waals surface area contributed by atoms with Crippen molar-refractivity contribution in [3.63, 3.8) is 0 Å². The maximum Gasteiger partial charge on any atom is 0.0583 e. The van der Waals surface area contributed by atoms with Crippen molar-refractivity contribution < 1.29 is 4.74 Å². The van der Waals surface area contributed by atoms with Gasteiger partial charge in [0.15, 0.2) is 0 Å². The summed E-state index contributed by atoms with van der Waals surface area (Å²) in [5, 5.41) is 3.71. The molecule has 3 atom stereocenters. The van der Waals surface area contributed by atoms with Crippen LogP contribution in [-0.2, 0) is 11.2 Å². The van der Waals surface area contributed by atoms with Crippen LogP contribution in [0.5, 0.6) is 0 Å². The zero-order valence-electron chi connectivity index (χ0n) is 12.9. The van der Waals surface area contributed by atoms with Crippen LogP contribution in [0, 0.1) is 5.92 Å². The number of benzene rings is 1. The van der Waals surface area contributed by atoms with Crippen LogP contribution < -0.4 is 5.32 Å². The Hall–Kier alpha value is -0.380. The second kappa shape index (κ2) is 7.26. The van der Waals surface area contributed by atoms with Gasteiger partial charge in [0, 0.05) is 10.5 Å². The molecule has 0 radical (unpaired) electrons. The van der Waals surface area contributed by atoms with E-state index < -0.39 is 0 Å². The molecule has 0 spiro atoms. The Morgan fingerprint density at radius 3 is 2.81 bits per heavy atom. The van der Waals surface area contributed by atoms with Crippen LogP contribution >= 0.6 is 15.9 Å². The molecule has 116 valence electrons. The second-order valence-electron chi connectivity index (χ2n) is 6.76. The molecule has 0 aromatic heterocycles. The van der Waals surface area contributed by atoms with Gasteiger partial charge in [-0.25, -0.2) is 0 Å². The highest BCUT2D eigenvalue weighted by molar-refractivity contribution is 9.10. The van der Waals surface area contributed by atoms with E-state index in [1.165, 1.54) is 42.1 Å². The average molecular weight is 352 g/mol. The quantitative estimate of drug-likeness (QED) is 0.789. The lowest BCUT2D eigenvalue weighted by molar-refractivity contribution is 0.0407. The fourth-order valence-electron chi connectivity index (χ4n) is 3.29. The van der Waals surface area contributed by atoms with Gasteiger partial charge >= 0.3 is 0 Å². The third kappa shape index (κ3) is 5.08. The van der Waals surface area contributed by atoms with Gasteiger partial charge in [-0.2, -0.15) is 0 Å². The SMILES string of the molecule is CC1CCC(CC(CNC2CC2)Cc2cccc(Br)c2)O1. The van der Waals surface area contributed by atoms with Crippen molar-refractivity contribution in [3.05, 3.63) is 34.3 Å². The van der Waals surface area contributed by atoms with E-state index in [0.29, 0.717) is 18.1 Å². The second-order valence-corrected chi connectivity index (χ2v) is 7.68. The monoisotopic (exact) mass is 351 g/mol. The van der Waals surface area contributed by atoms with Gasteiger partial charge in [0.05, 0.1) is 12.2 Å². The molecule has 21 heavy (non-hydrogen) atoms. The molecule has 1 aromatic carbocycles. The van der Waals surface area contributed by atoms with Crippen molar-refractivity contribution in [2.24, 2.45) is 5.92 Å². The lowest BCUT2D eigenvalue weighted by Crippen LogP contribution is -2.29. The largest absolute Gasteiger partial charge is 0.375 e. The Labute approximate surface area is 136 Å². The lowest BCUT2D eigenvalue weighted by atomic mass is 9.92. The van der Waals surface area contributed by atoms with Crippen molar-refractivity contribution >= 4 is 15.9 Å². The summed E-state index contributed by atoms with van der Waals surface area (Å²) in [5.74, 6) is 0.676. The molecule has 1 N–H and O–H groups in total. The van der Waals surface area contributed by atoms with Gasteiger partial charge in [-0.1, -0.05) is 28.1 Å². The molecule has 0 amide bonds. The highest BCUT2D eigenvalue weighted by Gasteiger charge is 2.27. The van der Waals surface area contributed by atoms with E-state index in [1.54, 1.807) is 0 Å². The van der Waals surface area contributed by atoms with E-state index in [0.717, 1.165) is 19.0 Å². The first-order valence-electron chi connectivity index (χ1n) is 8.32. The Morgan fingerprint density at radius 1 is 1.29 bits per heavy atom. The topological polar surface area (TPSA) is 21.3 Å². The summed E-state index contributed by atoms with van der Waals surface area (Å²) in [6.07, 6.45) is 8.45. The smallest absolute Gasteiger partial charge is 0.0583 e. The zero-order valence-corrected chi connectivity index (χ0v) is 14.4. The minimum absolute atomic E-state index is 0.456. The van der Waals surface area contributed by atoms with Crippen LogP contribution in [0.15, 0.2) is 28.7 Å². The number of rotatable bonds is 7. The summed E-state index contributed by atoms with van der Waals surface area (Å²) >= 11 is 3.58. The molecule has 1 saturated carbocycles. The molecule has 1 aliphatic carbocycles. The lowest BCUT2D eigenvalue weighted by Gasteiger charge is -2.21. The third-order valence-electron chi connectivity index (χ3n) is 4.60. The maximum absolute atomic E-state index is 6.04. The van der Waals surface area contributed by atoms with Gasteiger partial charge < -0.3 is 10.1 Å². The average Bonchev–Trinajstić information content (AvgIpc) is 3.19. The predicted octanol–water partition coefficient (Wildman–Crippen LogP) is 4.32. The number of hydrogen-bond donors (Lipinski definition) is 1. The summed E-state index contributed by atoms with van der Waals surface area (Å²) in [6, 6.07) is 9.52. The van der Waals surface area contributed by atoms with Crippen LogP contribution in [0.3, 0.4) is 0 Å². The molecule has 3 unspecified atom stereocenters. The molecule has 2 aliphatic rings. The maximum atomic E-state index is 6.04. The van der Waals surface area contributed by atoms with Crippen molar-refractivity contribution in [1.82, 2.24) is 5.32 Å². The first kappa shape index (κ1) is 15.5. The molecule has 1 saturated heterocycles. The summed E-state index contributed by atoms with van der Waals surface area (Å²) in [7, 11) is 0. The van der Waals surface area contributed by atoms with E-state index in [1.807, 2.05) is 0 Å². The summed E-state index contributed by atoms with van der Waals surface area (Å²) in [4.78, 5) is 0. The van der Waals surface area contributed by atoms with Crippen LogP contribution in [-0.4, -0.2) is 24.8 Å². The molecular formula is C18H26BrNO. The highest BCUT2D eigenvalue weighted by atomic mass is 79.9. The van der Waals surface area contributed by atoms with Crippen molar-refractivity contribution in [2.45, 2.75) is 63.7 Å². The molecule has 2 fully saturated rings. The minimum Gasteiger partial charge on any atom is -0.375 e. The predicted molar refractivity (Wildman–Crippen MR) is 90.5 cm³/mol. The molecule has 1 heterocycles. The van der Waals surface area contributed by atoms with E-state index >= 15 is 0 Å². The minimum atomic E-state index is 0.456. The van der Waals surface area contributed by atoms with Gasteiger partial charge in [0.1, 0.15) is 0 Å². The molecule has 1 aliphatic heterocycles. The van der Waals surface area contributed by atoms with Gasteiger partial charge in [0.25, 0.3) is 0 Å². The van der Waals surface area contributed by atoms with Gasteiger partial charge in [0.2, 0.25) is 0 Å². The highest BCUT2D eigenvalue weighted by Crippen LogP contribution is 2.27. The van der Waals surface area contributed by atoms with Crippen LogP contribution in [0.25, 0.3) is 0 Å². The number of halogens is 1. The summed E-state index contributed by atoms with van der Waals surface area (Å²) < 4.78 is 7.22. The fraction of sp³-hybridized carbons (Fsp3) is 0.667. The molecule has 1 aromatic rings. The zero-order chi connectivity index (χ0) is 14.7. The fourth-order valence-corrected chi connectivity index (χ4v) is 3.73. The van der Waals surface area contributed by atoms with Crippen LogP contribution in [0.4, 0.5) is 0 Å². The van der Waals surface area contributed by atoms with Crippen LogP contribution in [0.1, 0.15) is 44.6 Å². The third-order valence-corrected chi connectivity index (χ3v) is 5.10. The first-order valence-corrected chi connectivity index (χ1v) is 9.11. The molecule has 0 bridgehead atoms. The number of hydrogen-bond acceptors (Lipinski definition) is 2. The molecule has 2 nitrogen and oxygen atoms in total. The molecule has 3 rings (SSSR count). The molecule has 3 heteroatoms. The normalized spacial score (nSPS) is 27.0. The van der Waals surface area contributed by atoms with E-state index in [9.17, 15) is 0 Å². The summed E-state index contributed by atoms with van der Waals surface area (Å²) in [5.41, 5.74) is 1.43.